The Morgan fingerprint density at radius 3 is 2.52 bits per heavy atom. The van der Waals surface area contributed by atoms with E-state index in [1.807, 2.05) is 0 Å². The van der Waals surface area contributed by atoms with Crippen molar-refractivity contribution in [2.45, 2.75) is 18.9 Å². The van der Waals surface area contributed by atoms with Gasteiger partial charge >= 0.3 is 11.6 Å². The number of amides is 1. The first-order chi connectivity index (χ1) is 12.9. The molecule has 0 aliphatic carbocycles. The molecule has 6 nitrogen and oxygen atoms in total. The number of hydrogen-bond donors (Lipinski definition) is 2. The fraction of sp³-hybridized carbons (Fsp3) is 0.150. The molecule has 1 aromatic heterocycles. The molecule has 27 heavy (non-hydrogen) atoms. The van der Waals surface area contributed by atoms with E-state index in [-0.39, 0.29) is 18.4 Å². The van der Waals surface area contributed by atoms with Crippen molar-refractivity contribution in [1.82, 2.24) is 5.32 Å². The standard InChI is InChI=1S/C20H16FNO5/c21-14-7-5-12(6-8-14)16(9-10-18(23)24)22-19(25)15-11-13-3-1-2-4-17(13)27-20(15)26/h1-8,11,16H,9-10H2,(H,22,25)(H,23,24). The fourth-order valence-corrected chi connectivity index (χ4v) is 2.74. The third-order valence-electron chi connectivity index (χ3n) is 4.11. The van der Waals surface area contributed by atoms with Gasteiger partial charge in [0, 0.05) is 11.8 Å². The van der Waals surface area contributed by atoms with Crippen molar-refractivity contribution in [3.8, 4) is 0 Å². The molecule has 0 spiro atoms. The lowest BCUT2D eigenvalue weighted by Gasteiger charge is -2.18. The summed E-state index contributed by atoms with van der Waals surface area (Å²) in [6.45, 7) is 0. The Morgan fingerprint density at radius 2 is 1.81 bits per heavy atom. The van der Waals surface area contributed by atoms with E-state index in [1.165, 1.54) is 30.3 Å². The van der Waals surface area contributed by atoms with Crippen molar-refractivity contribution in [2.75, 3.05) is 0 Å². The van der Waals surface area contributed by atoms with Gasteiger partial charge in [0.2, 0.25) is 0 Å². The molecule has 1 heterocycles. The first-order valence-corrected chi connectivity index (χ1v) is 8.25. The summed E-state index contributed by atoms with van der Waals surface area (Å²) in [6, 6.07) is 12.9. The quantitative estimate of drug-likeness (QED) is 0.650. The zero-order valence-corrected chi connectivity index (χ0v) is 14.1. The number of carboxylic acid groups (broad SMARTS) is 1. The van der Waals surface area contributed by atoms with E-state index < -0.39 is 29.4 Å². The molecule has 3 aromatic rings. The van der Waals surface area contributed by atoms with E-state index >= 15 is 0 Å². The maximum Gasteiger partial charge on any atom is 0.349 e. The molecule has 0 aliphatic heterocycles. The highest BCUT2D eigenvalue weighted by molar-refractivity contribution is 5.96. The van der Waals surface area contributed by atoms with Gasteiger partial charge in [0.15, 0.2) is 0 Å². The van der Waals surface area contributed by atoms with Crippen LogP contribution >= 0.6 is 0 Å². The van der Waals surface area contributed by atoms with Gasteiger partial charge in [-0.1, -0.05) is 30.3 Å². The SMILES string of the molecule is O=C(O)CCC(NC(=O)c1cc2ccccc2oc1=O)c1ccc(F)cc1. The van der Waals surface area contributed by atoms with Gasteiger partial charge in [0.1, 0.15) is 17.0 Å². The third kappa shape index (κ3) is 4.38. The molecule has 0 fully saturated rings. The van der Waals surface area contributed by atoms with E-state index in [4.69, 9.17) is 9.52 Å². The monoisotopic (exact) mass is 369 g/mol. The number of carboxylic acids is 1. The Balaban J connectivity index is 1.89. The highest BCUT2D eigenvalue weighted by Crippen LogP contribution is 2.20. The van der Waals surface area contributed by atoms with Gasteiger partial charge in [-0.15, -0.1) is 0 Å². The minimum absolute atomic E-state index is 0.0889. The summed E-state index contributed by atoms with van der Waals surface area (Å²) in [5.41, 5.74) is -0.0744. The number of carbonyl (C=O) groups excluding carboxylic acids is 1. The number of halogens is 1. The predicted octanol–water partition coefficient (Wildman–Crippen LogP) is 3.27. The summed E-state index contributed by atoms with van der Waals surface area (Å²) in [4.78, 5) is 35.7. The van der Waals surface area contributed by atoms with Gasteiger partial charge in [-0.3, -0.25) is 9.59 Å². The molecule has 3 rings (SSSR count). The zero-order valence-electron chi connectivity index (χ0n) is 14.1. The lowest BCUT2D eigenvalue weighted by Crippen LogP contribution is -2.32. The lowest BCUT2D eigenvalue weighted by atomic mass is 10.0. The summed E-state index contributed by atoms with van der Waals surface area (Å²) in [7, 11) is 0. The van der Waals surface area contributed by atoms with Crippen LogP contribution in [0, 0.1) is 5.82 Å². The third-order valence-corrected chi connectivity index (χ3v) is 4.11. The molecule has 0 bridgehead atoms. The van der Waals surface area contributed by atoms with E-state index in [9.17, 15) is 18.8 Å². The van der Waals surface area contributed by atoms with Crippen LogP contribution in [-0.2, 0) is 4.79 Å². The summed E-state index contributed by atoms with van der Waals surface area (Å²) >= 11 is 0. The first-order valence-electron chi connectivity index (χ1n) is 8.25. The minimum Gasteiger partial charge on any atom is -0.481 e. The maximum atomic E-state index is 13.2. The van der Waals surface area contributed by atoms with Crippen molar-refractivity contribution >= 4 is 22.8 Å². The Morgan fingerprint density at radius 1 is 1.11 bits per heavy atom. The second-order valence-corrected chi connectivity index (χ2v) is 6.00. The molecule has 1 amide bonds. The molecular weight excluding hydrogens is 353 g/mol. The van der Waals surface area contributed by atoms with E-state index in [1.54, 1.807) is 24.3 Å². The van der Waals surface area contributed by atoms with Crippen LogP contribution in [0.4, 0.5) is 4.39 Å². The summed E-state index contributed by atoms with van der Waals surface area (Å²) in [5, 5.41) is 12.2. The Labute approximate surface area is 153 Å². The van der Waals surface area contributed by atoms with Crippen LogP contribution in [0.25, 0.3) is 11.0 Å². The first kappa shape index (κ1) is 18.3. The van der Waals surface area contributed by atoms with Gasteiger partial charge in [-0.05, 0) is 36.2 Å². The molecule has 138 valence electrons. The molecule has 0 aliphatic rings. The summed E-state index contributed by atoms with van der Waals surface area (Å²) in [6.07, 6.45) is -0.111. The van der Waals surface area contributed by atoms with Crippen LogP contribution in [0.3, 0.4) is 0 Å². The molecule has 2 aromatic carbocycles. The normalized spacial score (nSPS) is 11.9. The number of hydrogen-bond acceptors (Lipinski definition) is 4. The van der Waals surface area contributed by atoms with Crippen LogP contribution in [0.2, 0.25) is 0 Å². The van der Waals surface area contributed by atoms with Gasteiger partial charge in [-0.25, -0.2) is 9.18 Å². The molecule has 1 unspecified atom stereocenters. The minimum atomic E-state index is -1.03. The predicted molar refractivity (Wildman–Crippen MR) is 96.0 cm³/mol. The second kappa shape index (κ2) is 7.82. The maximum absolute atomic E-state index is 13.2. The van der Waals surface area contributed by atoms with E-state index in [2.05, 4.69) is 5.32 Å². The fourth-order valence-electron chi connectivity index (χ4n) is 2.74. The summed E-state index contributed by atoms with van der Waals surface area (Å²) < 4.78 is 18.3. The van der Waals surface area contributed by atoms with Crippen molar-refractivity contribution < 1.29 is 23.5 Å². The van der Waals surface area contributed by atoms with Crippen molar-refractivity contribution in [3.05, 3.63) is 82.0 Å². The average molecular weight is 369 g/mol. The number of rotatable bonds is 6. The van der Waals surface area contributed by atoms with Crippen molar-refractivity contribution in [1.29, 1.82) is 0 Å². The van der Waals surface area contributed by atoms with Crippen LogP contribution in [0.15, 0.2) is 63.8 Å². The number of carbonyl (C=O) groups is 2. The number of nitrogens with one attached hydrogen (secondary N) is 1. The Hall–Kier alpha value is -3.48. The number of para-hydroxylation sites is 1. The Bertz CT molecular complexity index is 1040. The molecule has 0 radical (unpaired) electrons. The average Bonchev–Trinajstić information content (AvgIpc) is 2.65. The number of aliphatic carboxylic acids is 1. The second-order valence-electron chi connectivity index (χ2n) is 6.00. The number of benzene rings is 2. The van der Waals surface area contributed by atoms with E-state index in [0.717, 1.165) is 0 Å². The Kier molecular flexibility index (Phi) is 5.30. The number of fused-ring (bicyclic) bond motifs is 1. The van der Waals surface area contributed by atoms with Gasteiger partial charge in [0.05, 0.1) is 6.04 Å². The van der Waals surface area contributed by atoms with Gasteiger partial charge in [0.25, 0.3) is 5.91 Å². The molecule has 7 heteroatoms. The largest absolute Gasteiger partial charge is 0.481 e. The van der Waals surface area contributed by atoms with Gasteiger partial charge < -0.3 is 14.8 Å². The summed E-state index contributed by atoms with van der Waals surface area (Å²) in [5.74, 6) is -2.16. The lowest BCUT2D eigenvalue weighted by molar-refractivity contribution is -0.137. The zero-order chi connectivity index (χ0) is 19.4. The van der Waals surface area contributed by atoms with Crippen LogP contribution in [-0.4, -0.2) is 17.0 Å². The van der Waals surface area contributed by atoms with E-state index in [0.29, 0.717) is 16.5 Å². The highest BCUT2D eigenvalue weighted by atomic mass is 19.1. The topological polar surface area (TPSA) is 96.6 Å². The van der Waals surface area contributed by atoms with Crippen molar-refractivity contribution in [3.63, 3.8) is 0 Å². The molecule has 1 atom stereocenters. The highest BCUT2D eigenvalue weighted by Gasteiger charge is 2.20. The van der Waals surface area contributed by atoms with Gasteiger partial charge in [-0.2, -0.15) is 0 Å². The van der Waals surface area contributed by atoms with Crippen LogP contribution in [0.1, 0.15) is 34.8 Å². The van der Waals surface area contributed by atoms with Crippen LogP contribution < -0.4 is 10.9 Å². The van der Waals surface area contributed by atoms with Crippen LogP contribution in [0.5, 0.6) is 0 Å². The van der Waals surface area contributed by atoms with Crippen molar-refractivity contribution in [2.24, 2.45) is 0 Å². The molecule has 2 N–H and O–H groups in total. The molecule has 0 saturated carbocycles. The molecular formula is C20H16FNO5. The smallest absolute Gasteiger partial charge is 0.349 e. The molecule has 0 saturated heterocycles.